The highest BCUT2D eigenvalue weighted by molar-refractivity contribution is 6.37. The molecule has 0 aliphatic carbocycles. The van der Waals surface area contributed by atoms with Gasteiger partial charge in [-0.15, -0.1) is 0 Å². The minimum Gasteiger partial charge on any atom is -0.476 e. The minimum atomic E-state index is -1.20. The van der Waals surface area contributed by atoms with Gasteiger partial charge in [-0.05, 0) is 36.2 Å². The quantitative estimate of drug-likeness (QED) is 0.739. The van der Waals surface area contributed by atoms with E-state index in [4.69, 9.17) is 28.5 Å². The number of fused-ring (bicyclic) bond motifs is 1. The van der Waals surface area contributed by atoms with Gasteiger partial charge in [0.25, 0.3) is 0 Å². The number of aromatic carboxylic acids is 1. The first-order chi connectivity index (χ1) is 11.8. The molecule has 1 aromatic carbocycles. The van der Waals surface area contributed by atoms with Crippen LogP contribution in [0.5, 0.6) is 0 Å². The predicted molar refractivity (Wildman–Crippen MR) is 96.4 cm³/mol. The molecular formula is C18H13Cl2N3O2. The second-order valence-electron chi connectivity index (χ2n) is 5.76. The molecular weight excluding hydrogens is 361 g/mol. The number of carbonyl (C=O) groups is 1. The van der Waals surface area contributed by atoms with Gasteiger partial charge in [-0.1, -0.05) is 23.2 Å². The number of benzene rings is 1. The fraction of sp³-hybridized carbons (Fsp3) is 0.167. The van der Waals surface area contributed by atoms with Crippen LogP contribution in [-0.2, 0) is 13.5 Å². The van der Waals surface area contributed by atoms with E-state index in [1.165, 1.54) is 6.20 Å². The van der Waals surface area contributed by atoms with Crippen molar-refractivity contribution < 1.29 is 9.90 Å². The van der Waals surface area contributed by atoms with E-state index in [-0.39, 0.29) is 10.7 Å². The molecule has 0 saturated carbocycles. The van der Waals surface area contributed by atoms with Gasteiger partial charge in [0.1, 0.15) is 0 Å². The van der Waals surface area contributed by atoms with Gasteiger partial charge in [0.05, 0.1) is 21.7 Å². The van der Waals surface area contributed by atoms with Crippen LogP contribution in [0.15, 0.2) is 24.4 Å². The lowest BCUT2D eigenvalue weighted by atomic mass is 10.1. The maximum Gasteiger partial charge on any atom is 0.356 e. The van der Waals surface area contributed by atoms with E-state index in [1.807, 2.05) is 36.7 Å². The summed E-state index contributed by atoms with van der Waals surface area (Å²) >= 11 is 12.4. The van der Waals surface area contributed by atoms with Crippen LogP contribution in [0.25, 0.3) is 10.9 Å². The molecule has 25 heavy (non-hydrogen) atoms. The molecule has 7 heteroatoms. The Bertz CT molecular complexity index is 1060. The topological polar surface area (TPSA) is 78.9 Å². The molecule has 0 amide bonds. The summed E-state index contributed by atoms with van der Waals surface area (Å²) in [5.74, 6) is -1.20. The lowest BCUT2D eigenvalue weighted by molar-refractivity contribution is 0.0690. The Morgan fingerprint density at radius 1 is 1.36 bits per heavy atom. The third-order valence-corrected chi connectivity index (χ3v) is 4.96. The normalized spacial score (nSPS) is 10.8. The molecule has 0 atom stereocenters. The van der Waals surface area contributed by atoms with E-state index in [1.54, 1.807) is 0 Å². The van der Waals surface area contributed by atoms with Gasteiger partial charge in [0.15, 0.2) is 5.69 Å². The number of carboxylic acids is 1. The molecule has 1 N–H and O–H groups in total. The fourth-order valence-electron chi connectivity index (χ4n) is 2.89. The average Bonchev–Trinajstić information content (AvgIpc) is 2.88. The minimum absolute atomic E-state index is 0.0414. The monoisotopic (exact) mass is 373 g/mol. The van der Waals surface area contributed by atoms with Gasteiger partial charge in [0, 0.05) is 36.3 Å². The Hall–Kier alpha value is -2.55. The van der Waals surface area contributed by atoms with Crippen LogP contribution in [0.4, 0.5) is 0 Å². The first-order valence-corrected chi connectivity index (χ1v) is 8.14. The smallest absolute Gasteiger partial charge is 0.356 e. The van der Waals surface area contributed by atoms with Gasteiger partial charge in [-0.3, -0.25) is 0 Å². The number of nitriles is 1. The van der Waals surface area contributed by atoms with Crippen LogP contribution in [0.3, 0.4) is 0 Å². The van der Waals surface area contributed by atoms with Gasteiger partial charge in [-0.25, -0.2) is 9.78 Å². The molecule has 0 unspecified atom stereocenters. The van der Waals surface area contributed by atoms with Crippen molar-refractivity contribution in [3.05, 3.63) is 62.5 Å². The molecule has 2 aromatic heterocycles. The molecule has 0 aliphatic heterocycles. The predicted octanol–water partition coefficient (Wildman–Crippen LogP) is 4.35. The maximum absolute atomic E-state index is 11.2. The summed E-state index contributed by atoms with van der Waals surface area (Å²) in [4.78, 5) is 15.0. The van der Waals surface area contributed by atoms with E-state index >= 15 is 0 Å². The Labute approximate surface area is 154 Å². The van der Waals surface area contributed by atoms with E-state index in [2.05, 4.69) is 11.1 Å². The zero-order valence-electron chi connectivity index (χ0n) is 13.5. The SMILES string of the molecule is Cc1cc(C#N)cc2c1cc(Cc1c(Cl)cnc(C(=O)O)c1Cl)n2C. The van der Waals surface area contributed by atoms with Crippen molar-refractivity contribution in [1.82, 2.24) is 9.55 Å². The number of nitrogens with zero attached hydrogens (tertiary/aromatic N) is 3. The third-order valence-electron chi connectivity index (χ3n) is 4.23. The summed E-state index contributed by atoms with van der Waals surface area (Å²) in [6, 6.07) is 7.81. The highest BCUT2D eigenvalue weighted by Gasteiger charge is 2.19. The summed E-state index contributed by atoms with van der Waals surface area (Å²) in [6.45, 7) is 1.95. The largest absolute Gasteiger partial charge is 0.476 e. The first-order valence-electron chi connectivity index (χ1n) is 7.38. The number of aryl methyl sites for hydroxylation is 2. The van der Waals surface area contributed by atoms with Gasteiger partial charge in [0.2, 0.25) is 0 Å². The fourth-order valence-corrected chi connectivity index (χ4v) is 3.45. The lowest BCUT2D eigenvalue weighted by Gasteiger charge is -2.10. The molecule has 0 bridgehead atoms. The summed E-state index contributed by atoms with van der Waals surface area (Å²) in [7, 11) is 1.89. The third kappa shape index (κ3) is 2.95. The van der Waals surface area contributed by atoms with Crippen LogP contribution in [0, 0.1) is 18.3 Å². The molecule has 5 nitrogen and oxygen atoms in total. The summed E-state index contributed by atoms with van der Waals surface area (Å²) in [5, 5.41) is 19.7. The number of hydrogen-bond acceptors (Lipinski definition) is 3. The van der Waals surface area contributed by atoms with Gasteiger partial charge >= 0.3 is 5.97 Å². The number of halogens is 2. The van der Waals surface area contributed by atoms with Crippen molar-refractivity contribution >= 4 is 40.1 Å². The van der Waals surface area contributed by atoms with Crippen molar-refractivity contribution in [2.24, 2.45) is 7.05 Å². The Morgan fingerprint density at radius 2 is 2.08 bits per heavy atom. The van der Waals surface area contributed by atoms with E-state index in [0.717, 1.165) is 22.2 Å². The Balaban J connectivity index is 2.15. The molecule has 0 aliphatic rings. The van der Waals surface area contributed by atoms with Crippen LogP contribution >= 0.6 is 23.2 Å². The molecule has 0 saturated heterocycles. The molecule has 3 aromatic rings. The number of carboxylic acid groups (broad SMARTS) is 1. The van der Waals surface area contributed by atoms with Crippen molar-refractivity contribution in [2.45, 2.75) is 13.3 Å². The molecule has 0 spiro atoms. The van der Waals surface area contributed by atoms with Gasteiger partial charge < -0.3 is 9.67 Å². The molecule has 3 rings (SSSR count). The van der Waals surface area contributed by atoms with Crippen LogP contribution in [0.2, 0.25) is 10.0 Å². The van der Waals surface area contributed by atoms with Crippen molar-refractivity contribution in [2.75, 3.05) is 0 Å². The number of hydrogen-bond donors (Lipinski definition) is 1. The molecule has 0 radical (unpaired) electrons. The van der Waals surface area contributed by atoms with E-state index in [0.29, 0.717) is 22.6 Å². The van der Waals surface area contributed by atoms with E-state index < -0.39 is 5.97 Å². The summed E-state index contributed by atoms with van der Waals surface area (Å²) in [5.41, 5.74) is 3.70. The molecule has 126 valence electrons. The highest BCUT2D eigenvalue weighted by atomic mass is 35.5. The summed E-state index contributed by atoms with van der Waals surface area (Å²) in [6.07, 6.45) is 1.65. The summed E-state index contributed by atoms with van der Waals surface area (Å²) < 4.78 is 1.96. The maximum atomic E-state index is 11.2. The first kappa shape index (κ1) is 17.3. The van der Waals surface area contributed by atoms with Crippen LogP contribution in [-0.4, -0.2) is 20.6 Å². The van der Waals surface area contributed by atoms with Gasteiger partial charge in [-0.2, -0.15) is 5.26 Å². The second kappa shape index (κ2) is 6.40. The molecule has 2 heterocycles. The lowest BCUT2D eigenvalue weighted by Crippen LogP contribution is -2.06. The average molecular weight is 374 g/mol. The van der Waals surface area contributed by atoms with Crippen molar-refractivity contribution in [3.63, 3.8) is 0 Å². The zero-order chi connectivity index (χ0) is 18.3. The molecule has 0 fully saturated rings. The highest BCUT2D eigenvalue weighted by Crippen LogP contribution is 2.31. The Morgan fingerprint density at radius 3 is 2.72 bits per heavy atom. The van der Waals surface area contributed by atoms with Crippen molar-refractivity contribution in [3.8, 4) is 6.07 Å². The van der Waals surface area contributed by atoms with Crippen molar-refractivity contribution in [1.29, 1.82) is 5.26 Å². The number of rotatable bonds is 3. The second-order valence-corrected chi connectivity index (χ2v) is 6.55. The Kier molecular flexibility index (Phi) is 4.42. The zero-order valence-corrected chi connectivity index (χ0v) is 15.0. The number of pyridine rings is 1. The van der Waals surface area contributed by atoms with E-state index in [9.17, 15) is 9.90 Å². The number of aromatic nitrogens is 2. The van der Waals surface area contributed by atoms with Crippen LogP contribution in [0.1, 0.15) is 32.9 Å². The van der Waals surface area contributed by atoms with Crippen LogP contribution < -0.4 is 0 Å². The standard InChI is InChI=1S/C18H13Cl2N3O2/c1-9-3-10(7-21)4-15-12(9)5-11(23(15)2)6-13-14(19)8-22-17(16(13)20)18(24)25/h3-5,8H,6H2,1-2H3,(H,24,25).